The maximum atomic E-state index is 12.4. The monoisotopic (exact) mass is 409 g/mol. The Balaban J connectivity index is 1.83. The Morgan fingerprint density at radius 3 is 2.46 bits per heavy atom. The summed E-state index contributed by atoms with van der Waals surface area (Å²) < 4.78 is 25.0. The molecule has 1 saturated heterocycles. The number of carbonyl (C=O) groups is 1. The van der Waals surface area contributed by atoms with Gasteiger partial charge in [0.25, 0.3) is 0 Å². The largest absolute Gasteiger partial charge is 0.355 e. The molecule has 0 radical (unpaired) electrons. The zero-order valence-corrected chi connectivity index (χ0v) is 18.7. The molecule has 2 rings (SSSR count). The van der Waals surface area contributed by atoms with Crippen LogP contribution in [-0.2, 0) is 14.8 Å². The van der Waals surface area contributed by atoms with Gasteiger partial charge in [0.15, 0.2) is 0 Å². The van der Waals surface area contributed by atoms with E-state index in [2.05, 4.69) is 42.3 Å². The molecule has 0 saturated carbocycles. The summed E-state index contributed by atoms with van der Waals surface area (Å²) in [4.78, 5) is 14.7. The summed E-state index contributed by atoms with van der Waals surface area (Å²) in [5, 5.41) is 2.95. The van der Waals surface area contributed by atoms with Crippen molar-refractivity contribution in [1.82, 2.24) is 14.5 Å². The van der Waals surface area contributed by atoms with Crippen LogP contribution in [0.4, 0.5) is 0 Å². The molecule has 1 aromatic carbocycles. The molecule has 1 unspecified atom stereocenters. The summed E-state index contributed by atoms with van der Waals surface area (Å²) in [6.07, 6.45) is 4.01. The summed E-state index contributed by atoms with van der Waals surface area (Å²) in [5.74, 6) is 0.00623. The average Bonchev–Trinajstić information content (AvgIpc) is 3.00. The summed E-state index contributed by atoms with van der Waals surface area (Å²) in [5.41, 5.74) is 3.81. The van der Waals surface area contributed by atoms with Crippen molar-refractivity contribution in [3.8, 4) is 0 Å². The average molecular weight is 410 g/mol. The molecular formula is C21H35N3O3S. The smallest absolute Gasteiger partial charge is 0.234 e. The van der Waals surface area contributed by atoms with E-state index in [9.17, 15) is 13.2 Å². The van der Waals surface area contributed by atoms with Crippen molar-refractivity contribution in [3.05, 3.63) is 34.9 Å². The zero-order valence-electron chi connectivity index (χ0n) is 17.9. The lowest BCUT2D eigenvalue weighted by Crippen LogP contribution is -2.40. The van der Waals surface area contributed by atoms with Crippen LogP contribution < -0.4 is 5.32 Å². The summed E-state index contributed by atoms with van der Waals surface area (Å²) >= 11 is 0. The van der Waals surface area contributed by atoms with Crippen molar-refractivity contribution in [2.45, 2.75) is 59.0 Å². The summed E-state index contributed by atoms with van der Waals surface area (Å²) in [7, 11) is -3.22. The minimum atomic E-state index is -3.22. The van der Waals surface area contributed by atoms with Gasteiger partial charge in [-0.3, -0.25) is 9.69 Å². The van der Waals surface area contributed by atoms with Crippen LogP contribution in [0.1, 0.15) is 55.8 Å². The van der Waals surface area contributed by atoms with Crippen LogP contribution in [0.3, 0.4) is 0 Å². The molecule has 1 N–H and O–H groups in total. The molecule has 158 valence electrons. The second-order valence-electron chi connectivity index (χ2n) is 8.22. The molecule has 1 atom stereocenters. The number of sulfonamides is 1. The number of nitrogens with zero attached hydrogens (tertiary/aromatic N) is 2. The fraction of sp³-hybridized carbons (Fsp3) is 0.667. The molecule has 1 fully saturated rings. The van der Waals surface area contributed by atoms with E-state index in [-0.39, 0.29) is 11.9 Å². The van der Waals surface area contributed by atoms with Crippen LogP contribution in [0.15, 0.2) is 18.2 Å². The number of rotatable bonds is 9. The number of hydrogen-bond acceptors (Lipinski definition) is 4. The predicted molar refractivity (Wildman–Crippen MR) is 114 cm³/mol. The Kier molecular flexibility index (Phi) is 8.04. The fourth-order valence-corrected chi connectivity index (χ4v) is 5.33. The van der Waals surface area contributed by atoms with Crippen molar-refractivity contribution in [3.63, 3.8) is 0 Å². The lowest BCUT2D eigenvalue weighted by Gasteiger charge is -2.25. The van der Waals surface area contributed by atoms with E-state index < -0.39 is 10.0 Å². The van der Waals surface area contributed by atoms with Crippen molar-refractivity contribution in [1.29, 1.82) is 0 Å². The first-order valence-electron chi connectivity index (χ1n) is 10.1. The van der Waals surface area contributed by atoms with E-state index in [4.69, 9.17) is 0 Å². The molecule has 0 aromatic heterocycles. The van der Waals surface area contributed by atoms with Gasteiger partial charge in [0.1, 0.15) is 0 Å². The molecule has 1 amide bonds. The number of amides is 1. The molecule has 1 aliphatic heterocycles. The Morgan fingerprint density at radius 1 is 1.25 bits per heavy atom. The van der Waals surface area contributed by atoms with E-state index in [0.717, 1.165) is 19.4 Å². The van der Waals surface area contributed by atoms with Crippen LogP contribution >= 0.6 is 0 Å². The fourth-order valence-electron chi connectivity index (χ4n) is 4.11. The number of carbonyl (C=O) groups excluding carboxylic acids is 1. The molecule has 0 bridgehead atoms. The highest BCUT2D eigenvalue weighted by Crippen LogP contribution is 2.32. The predicted octanol–water partition coefficient (Wildman–Crippen LogP) is 2.62. The van der Waals surface area contributed by atoms with Gasteiger partial charge in [0.05, 0.1) is 12.8 Å². The first-order chi connectivity index (χ1) is 13.1. The van der Waals surface area contributed by atoms with Gasteiger partial charge in [-0.25, -0.2) is 8.42 Å². The minimum absolute atomic E-state index is 0.00623. The molecule has 1 heterocycles. The first-order valence-corrected chi connectivity index (χ1v) is 12.0. The number of hydrogen-bond donors (Lipinski definition) is 1. The molecule has 28 heavy (non-hydrogen) atoms. The van der Waals surface area contributed by atoms with Crippen molar-refractivity contribution >= 4 is 15.9 Å². The number of aryl methyl sites for hydroxylation is 2. The number of nitrogens with one attached hydrogen (secondary N) is 1. The highest BCUT2D eigenvalue weighted by molar-refractivity contribution is 7.88. The Bertz CT molecular complexity index is 757. The third-order valence-corrected chi connectivity index (χ3v) is 6.67. The van der Waals surface area contributed by atoms with Crippen LogP contribution in [0, 0.1) is 13.8 Å². The van der Waals surface area contributed by atoms with Gasteiger partial charge in [-0.05, 0) is 59.1 Å². The van der Waals surface area contributed by atoms with Gasteiger partial charge >= 0.3 is 0 Å². The molecule has 1 aromatic rings. The Hall–Kier alpha value is -1.44. The third-order valence-electron chi connectivity index (χ3n) is 5.22. The SMILES string of the molecule is Cc1cc(C)cc(C2CCCN2CC(=O)NCCCN(C(C)C)S(C)(=O)=O)c1. The summed E-state index contributed by atoms with van der Waals surface area (Å²) in [6, 6.07) is 6.84. The van der Waals surface area contributed by atoms with Gasteiger partial charge in [0, 0.05) is 25.2 Å². The minimum Gasteiger partial charge on any atom is -0.355 e. The molecule has 0 aliphatic carbocycles. The Morgan fingerprint density at radius 2 is 1.89 bits per heavy atom. The van der Waals surface area contributed by atoms with Crippen LogP contribution in [0.2, 0.25) is 0 Å². The van der Waals surface area contributed by atoms with Gasteiger partial charge in [0.2, 0.25) is 15.9 Å². The quantitative estimate of drug-likeness (QED) is 0.637. The third kappa shape index (κ3) is 6.57. The summed E-state index contributed by atoms with van der Waals surface area (Å²) in [6.45, 7) is 10.2. The van der Waals surface area contributed by atoms with Crippen LogP contribution in [0.25, 0.3) is 0 Å². The maximum absolute atomic E-state index is 12.4. The van der Waals surface area contributed by atoms with Crippen LogP contribution in [0.5, 0.6) is 0 Å². The maximum Gasteiger partial charge on any atom is 0.234 e. The highest BCUT2D eigenvalue weighted by Gasteiger charge is 2.27. The van der Waals surface area contributed by atoms with Crippen molar-refractivity contribution < 1.29 is 13.2 Å². The topological polar surface area (TPSA) is 69.7 Å². The normalized spacial score (nSPS) is 18.2. The lowest BCUT2D eigenvalue weighted by atomic mass is 9.99. The van der Waals surface area contributed by atoms with Gasteiger partial charge in [-0.1, -0.05) is 29.3 Å². The van der Waals surface area contributed by atoms with Gasteiger partial charge in [-0.2, -0.15) is 4.31 Å². The molecule has 6 nitrogen and oxygen atoms in total. The zero-order chi connectivity index (χ0) is 20.9. The molecule has 7 heteroatoms. The van der Waals surface area contributed by atoms with E-state index >= 15 is 0 Å². The van der Waals surface area contributed by atoms with Gasteiger partial charge < -0.3 is 5.32 Å². The van der Waals surface area contributed by atoms with Gasteiger partial charge in [-0.15, -0.1) is 0 Å². The van der Waals surface area contributed by atoms with Crippen molar-refractivity contribution in [2.24, 2.45) is 0 Å². The highest BCUT2D eigenvalue weighted by atomic mass is 32.2. The molecule has 0 spiro atoms. The number of benzene rings is 1. The standard InChI is InChI=1S/C21H35N3O3S/c1-16(2)24(28(5,26)27)11-7-9-22-21(25)15-23-10-6-8-20(23)19-13-17(3)12-18(4)14-19/h12-14,16,20H,6-11,15H2,1-5H3,(H,22,25). The number of likely N-dealkylation sites (tertiary alicyclic amines) is 1. The second kappa shape index (κ2) is 9.85. The van der Waals surface area contributed by atoms with Crippen LogP contribution in [-0.4, -0.2) is 62.0 Å². The van der Waals surface area contributed by atoms with Crippen molar-refractivity contribution in [2.75, 3.05) is 32.4 Å². The second-order valence-corrected chi connectivity index (χ2v) is 10.2. The molecule has 1 aliphatic rings. The van der Waals surface area contributed by atoms with E-state index in [0.29, 0.717) is 32.1 Å². The molecular weight excluding hydrogens is 374 g/mol. The van der Waals surface area contributed by atoms with E-state index in [1.54, 1.807) is 0 Å². The van der Waals surface area contributed by atoms with E-state index in [1.807, 2.05) is 13.8 Å². The van der Waals surface area contributed by atoms with E-state index in [1.165, 1.54) is 27.3 Å². The first kappa shape index (κ1) is 22.8. The Labute approximate surface area is 170 Å². The lowest BCUT2D eigenvalue weighted by molar-refractivity contribution is -0.122.